The Bertz CT molecular complexity index is 1120. The lowest BCUT2D eigenvalue weighted by atomic mass is 10.0. The van der Waals surface area contributed by atoms with Crippen molar-refractivity contribution in [3.8, 4) is 5.75 Å². The SMILES string of the molecule is CC[C@H](C)NC(=O)[C@H](Cc1ccccc1)N(Cc1ccccc1C)C(=O)COc1cccc(Cl)c1. The molecule has 0 fully saturated rings. The van der Waals surface area contributed by atoms with Gasteiger partial charge in [0.15, 0.2) is 6.61 Å². The minimum absolute atomic E-state index is 0.00102. The van der Waals surface area contributed by atoms with E-state index in [9.17, 15) is 9.59 Å². The lowest BCUT2D eigenvalue weighted by Gasteiger charge is -2.32. The van der Waals surface area contributed by atoms with Crippen LogP contribution in [-0.4, -0.2) is 35.4 Å². The molecule has 0 radical (unpaired) electrons. The molecule has 0 aliphatic rings. The number of amides is 2. The van der Waals surface area contributed by atoms with Crippen molar-refractivity contribution >= 4 is 23.4 Å². The van der Waals surface area contributed by atoms with E-state index in [0.717, 1.165) is 23.1 Å². The molecule has 35 heavy (non-hydrogen) atoms. The van der Waals surface area contributed by atoms with Gasteiger partial charge in [-0.15, -0.1) is 0 Å². The number of ether oxygens (including phenoxy) is 1. The third kappa shape index (κ3) is 7.86. The smallest absolute Gasteiger partial charge is 0.261 e. The summed E-state index contributed by atoms with van der Waals surface area (Å²) in [6.45, 7) is 6.09. The molecule has 0 unspecified atom stereocenters. The van der Waals surface area contributed by atoms with Crippen LogP contribution in [0.25, 0.3) is 0 Å². The number of carbonyl (C=O) groups excluding carboxylic acids is 2. The van der Waals surface area contributed by atoms with Crippen molar-refractivity contribution in [3.63, 3.8) is 0 Å². The van der Waals surface area contributed by atoms with Crippen molar-refractivity contribution in [2.24, 2.45) is 0 Å². The molecule has 5 nitrogen and oxygen atoms in total. The summed E-state index contributed by atoms with van der Waals surface area (Å²) in [5, 5.41) is 3.61. The van der Waals surface area contributed by atoms with Gasteiger partial charge in [-0.2, -0.15) is 0 Å². The quantitative estimate of drug-likeness (QED) is 0.380. The summed E-state index contributed by atoms with van der Waals surface area (Å²) in [6, 6.07) is 23.9. The average Bonchev–Trinajstić information content (AvgIpc) is 2.86. The Hall–Kier alpha value is -3.31. The average molecular weight is 493 g/mol. The van der Waals surface area contributed by atoms with Crippen LogP contribution in [0.3, 0.4) is 0 Å². The lowest BCUT2D eigenvalue weighted by Crippen LogP contribution is -2.53. The number of hydrogen-bond donors (Lipinski definition) is 1. The van der Waals surface area contributed by atoms with E-state index in [1.807, 2.05) is 75.4 Å². The zero-order valence-corrected chi connectivity index (χ0v) is 21.3. The van der Waals surface area contributed by atoms with Gasteiger partial charge in [-0.1, -0.05) is 79.2 Å². The van der Waals surface area contributed by atoms with E-state index in [2.05, 4.69) is 5.32 Å². The molecule has 3 aromatic rings. The monoisotopic (exact) mass is 492 g/mol. The molecule has 0 heterocycles. The zero-order chi connectivity index (χ0) is 25.2. The van der Waals surface area contributed by atoms with Crippen LogP contribution in [0, 0.1) is 6.92 Å². The van der Waals surface area contributed by atoms with Crippen molar-refractivity contribution in [1.82, 2.24) is 10.2 Å². The molecule has 0 saturated heterocycles. The van der Waals surface area contributed by atoms with Crippen LogP contribution in [-0.2, 0) is 22.6 Å². The standard InChI is InChI=1S/C29H33ClN2O3/c1-4-22(3)31-29(34)27(17-23-12-6-5-7-13-23)32(19-24-14-9-8-11-21(24)2)28(33)20-35-26-16-10-15-25(30)18-26/h5-16,18,22,27H,4,17,19-20H2,1-3H3,(H,31,34)/t22-,27-/m0/s1. The normalized spacial score (nSPS) is 12.5. The van der Waals surface area contributed by atoms with E-state index >= 15 is 0 Å². The first-order valence-electron chi connectivity index (χ1n) is 11.9. The Morgan fingerprint density at radius 1 is 1.00 bits per heavy atom. The Morgan fingerprint density at radius 2 is 1.71 bits per heavy atom. The fourth-order valence-electron chi connectivity index (χ4n) is 3.75. The number of nitrogens with zero attached hydrogens (tertiary/aromatic N) is 1. The third-order valence-corrected chi connectivity index (χ3v) is 6.27. The minimum atomic E-state index is -0.693. The topological polar surface area (TPSA) is 58.6 Å². The van der Waals surface area contributed by atoms with Crippen molar-refractivity contribution < 1.29 is 14.3 Å². The molecule has 0 saturated carbocycles. The summed E-state index contributed by atoms with van der Waals surface area (Å²) in [5.41, 5.74) is 3.02. The molecule has 6 heteroatoms. The maximum atomic E-state index is 13.6. The van der Waals surface area contributed by atoms with E-state index in [1.165, 1.54) is 0 Å². The summed E-state index contributed by atoms with van der Waals surface area (Å²) < 4.78 is 5.77. The van der Waals surface area contributed by atoms with Gasteiger partial charge in [-0.25, -0.2) is 0 Å². The van der Waals surface area contributed by atoms with E-state index < -0.39 is 6.04 Å². The summed E-state index contributed by atoms with van der Waals surface area (Å²) in [4.78, 5) is 28.7. The molecule has 0 spiro atoms. The first-order valence-corrected chi connectivity index (χ1v) is 12.3. The van der Waals surface area contributed by atoms with Crippen LogP contribution in [0.4, 0.5) is 0 Å². The summed E-state index contributed by atoms with van der Waals surface area (Å²) in [5.74, 6) is 0.0618. The summed E-state index contributed by atoms with van der Waals surface area (Å²) in [7, 11) is 0. The first kappa shape index (κ1) is 26.3. The number of carbonyl (C=O) groups is 2. The second-order valence-corrected chi connectivity index (χ2v) is 9.15. The molecular formula is C29H33ClN2O3. The van der Waals surface area contributed by atoms with E-state index in [4.69, 9.17) is 16.3 Å². The summed E-state index contributed by atoms with van der Waals surface area (Å²) in [6.07, 6.45) is 1.20. The number of rotatable bonds is 11. The van der Waals surface area contributed by atoms with Gasteiger partial charge in [-0.3, -0.25) is 9.59 Å². The molecular weight excluding hydrogens is 460 g/mol. The van der Waals surface area contributed by atoms with Crippen LogP contribution < -0.4 is 10.1 Å². The molecule has 0 bridgehead atoms. The number of aryl methyl sites for hydroxylation is 1. The Balaban J connectivity index is 1.92. The molecule has 0 aliphatic heterocycles. The van der Waals surface area contributed by atoms with Crippen LogP contribution in [0.1, 0.15) is 37.0 Å². The Kier molecular flexibility index (Phi) is 9.74. The van der Waals surface area contributed by atoms with Gasteiger partial charge >= 0.3 is 0 Å². The first-order chi connectivity index (χ1) is 16.9. The number of benzene rings is 3. The summed E-state index contributed by atoms with van der Waals surface area (Å²) >= 11 is 6.06. The van der Waals surface area contributed by atoms with Crippen LogP contribution in [0.15, 0.2) is 78.9 Å². The molecule has 1 N–H and O–H groups in total. The molecule has 3 aromatic carbocycles. The van der Waals surface area contributed by atoms with Gasteiger partial charge in [0.2, 0.25) is 5.91 Å². The van der Waals surface area contributed by atoms with Crippen LogP contribution in [0.5, 0.6) is 5.75 Å². The van der Waals surface area contributed by atoms with Gasteiger partial charge in [0, 0.05) is 24.0 Å². The predicted octanol–water partition coefficient (Wildman–Crippen LogP) is 5.58. The molecule has 2 atom stereocenters. The maximum absolute atomic E-state index is 13.6. The fourth-order valence-corrected chi connectivity index (χ4v) is 3.93. The Morgan fingerprint density at radius 3 is 2.40 bits per heavy atom. The van der Waals surface area contributed by atoms with Crippen molar-refractivity contribution in [2.45, 2.75) is 52.2 Å². The molecule has 0 aromatic heterocycles. The van der Waals surface area contributed by atoms with E-state index in [-0.39, 0.29) is 24.5 Å². The van der Waals surface area contributed by atoms with E-state index in [1.54, 1.807) is 29.2 Å². The van der Waals surface area contributed by atoms with E-state index in [0.29, 0.717) is 23.7 Å². The number of halogens is 1. The third-order valence-electron chi connectivity index (χ3n) is 6.03. The molecule has 2 amide bonds. The highest BCUT2D eigenvalue weighted by Crippen LogP contribution is 2.20. The highest BCUT2D eigenvalue weighted by molar-refractivity contribution is 6.30. The Labute approximate surface area is 213 Å². The molecule has 3 rings (SSSR count). The lowest BCUT2D eigenvalue weighted by molar-refractivity contribution is -0.143. The van der Waals surface area contributed by atoms with Gasteiger partial charge in [0.1, 0.15) is 11.8 Å². The zero-order valence-electron chi connectivity index (χ0n) is 20.5. The minimum Gasteiger partial charge on any atom is -0.484 e. The predicted molar refractivity (Wildman–Crippen MR) is 141 cm³/mol. The van der Waals surface area contributed by atoms with Gasteiger partial charge in [0.25, 0.3) is 5.91 Å². The largest absolute Gasteiger partial charge is 0.484 e. The number of hydrogen-bond acceptors (Lipinski definition) is 3. The van der Waals surface area contributed by atoms with Gasteiger partial charge in [-0.05, 0) is 55.2 Å². The van der Waals surface area contributed by atoms with Crippen molar-refractivity contribution in [2.75, 3.05) is 6.61 Å². The highest BCUT2D eigenvalue weighted by Gasteiger charge is 2.31. The highest BCUT2D eigenvalue weighted by atomic mass is 35.5. The van der Waals surface area contributed by atoms with Crippen molar-refractivity contribution in [3.05, 3.63) is 101 Å². The maximum Gasteiger partial charge on any atom is 0.261 e. The van der Waals surface area contributed by atoms with Gasteiger partial charge in [0.05, 0.1) is 0 Å². The van der Waals surface area contributed by atoms with Crippen molar-refractivity contribution in [1.29, 1.82) is 0 Å². The van der Waals surface area contributed by atoms with Crippen LogP contribution in [0.2, 0.25) is 5.02 Å². The fraction of sp³-hybridized carbons (Fsp3) is 0.310. The second-order valence-electron chi connectivity index (χ2n) is 8.72. The van der Waals surface area contributed by atoms with Gasteiger partial charge < -0.3 is 15.0 Å². The molecule has 184 valence electrons. The number of nitrogens with one attached hydrogen (secondary N) is 1. The van der Waals surface area contributed by atoms with Crippen LogP contribution >= 0.6 is 11.6 Å². The second kappa shape index (κ2) is 13.0. The molecule has 0 aliphatic carbocycles.